The van der Waals surface area contributed by atoms with Crippen LogP contribution in [0.5, 0.6) is 0 Å². The second-order valence-electron chi connectivity index (χ2n) is 2.77. The molecule has 2 rings (SSSR count). The predicted octanol–water partition coefficient (Wildman–Crippen LogP) is 2.43. The molecule has 0 aliphatic carbocycles. The van der Waals surface area contributed by atoms with Crippen LogP contribution < -0.4 is 0 Å². The fourth-order valence-electron chi connectivity index (χ4n) is 1.03. The molecular weight excluding hydrogens is 323 g/mol. The molecule has 0 radical (unpaired) electrons. The number of nitrogens with one attached hydrogen (secondary N) is 1. The van der Waals surface area contributed by atoms with Crippen LogP contribution in [0.2, 0.25) is 0 Å². The van der Waals surface area contributed by atoms with E-state index in [0.717, 1.165) is 9.13 Å². The lowest BCUT2D eigenvalue weighted by atomic mass is 10.2. The Morgan fingerprint density at radius 2 is 2.27 bits per heavy atom. The summed E-state index contributed by atoms with van der Waals surface area (Å²) in [5.74, 6) is 0. The van der Waals surface area contributed by atoms with Gasteiger partial charge in [-0.05, 0) is 40.9 Å². The maximum Gasteiger partial charge on any atom is 0.216 e. The fraction of sp³-hybridized carbons (Fsp3) is 0. The lowest BCUT2D eigenvalue weighted by Crippen LogP contribution is -1.91. The molecule has 1 N–H and O–H groups in total. The monoisotopic (exact) mass is 330 g/mol. The van der Waals surface area contributed by atoms with E-state index in [1.807, 2.05) is 24.3 Å². The number of halogens is 1. The lowest BCUT2D eigenvalue weighted by Gasteiger charge is -1.95. The Morgan fingerprint density at radius 1 is 1.47 bits per heavy atom. The first-order valence-corrected chi connectivity index (χ1v) is 5.67. The van der Waals surface area contributed by atoms with Crippen molar-refractivity contribution in [3.63, 3.8) is 0 Å². The molecular formula is C9H7IN4S. The summed E-state index contributed by atoms with van der Waals surface area (Å²) in [6, 6.07) is 7.98. The largest absolute Gasteiger partial charge is 0.250 e. The van der Waals surface area contributed by atoms with Gasteiger partial charge in [0.05, 0.1) is 6.21 Å². The quantitative estimate of drug-likeness (QED) is 0.522. The van der Waals surface area contributed by atoms with E-state index in [9.17, 15) is 0 Å². The summed E-state index contributed by atoms with van der Waals surface area (Å²) in [6.07, 6.45) is 3.29. The summed E-state index contributed by atoms with van der Waals surface area (Å²) in [6.45, 7) is 0. The van der Waals surface area contributed by atoms with Gasteiger partial charge in [0.2, 0.25) is 4.77 Å². The molecule has 76 valence electrons. The lowest BCUT2D eigenvalue weighted by molar-refractivity contribution is 0.862. The smallest absolute Gasteiger partial charge is 0.216 e. The van der Waals surface area contributed by atoms with Crippen molar-refractivity contribution < 1.29 is 0 Å². The first-order chi connectivity index (χ1) is 7.27. The van der Waals surface area contributed by atoms with Gasteiger partial charge in [0.15, 0.2) is 0 Å². The van der Waals surface area contributed by atoms with Crippen LogP contribution in [-0.2, 0) is 0 Å². The molecule has 0 amide bonds. The highest BCUT2D eigenvalue weighted by Gasteiger charge is 1.94. The molecule has 0 aliphatic heterocycles. The van der Waals surface area contributed by atoms with E-state index >= 15 is 0 Å². The molecule has 0 aliphatic rings. The van der Waals surface area contributed by atoms with Crippen molar-refractivity contribution in [2.24, 2.45) is 5.10 Å². The maximum absolute atomic E-state index is 4.96. The van der Waals surface area contributed by atoms with E-state index in [1.54, 1.807) is 6.21 Å². The molecule has 0 saturated heterocycles. The second kappa shape index (κ2) is 4.67. The summed E-state index contributed by atoms with van der Waals surface area (Å²) in [7, 11) is 0. The zero-order valence-electron chi connectivity index (χ0n) is 7.59. The van der Waals surface area contributed by atoms with Crippen LogP contribution in [0.15, 0.2) is 35.7 Å². The Balaban J connectivity index is 2.30. The third-order valence-electron chi connectivity index (χ3n) is 1.76. The van der Waals surface area contributed by atoms with Crippen molar-refractivity contribution in [1.29, 1.82) is 0 Å². The van der Waals surface area contributed by atoms with Crippen LogP contribution >= 0.6 is 34.8 Å². The normalized spacial score (nSPS) is 11.0. The van der Waals surface area contributed by atoms with E-state index in [1.165, 1.54) is 11.0 Å². The predicted molar refractivity (Wildman–Crippen MR) is 69.6 cm³/mol. The van der Waals surface area contributed by atoms with Crippen LogP contribution in [0.3, 0.4) is 0 Å². The van der Waals surface area contributed by atoms with Gasteiger partial charge in [-0.2, -0.15) is 14.9 Å². The Morgan fingerprint density at radius 3 is 2.93 bits per heavy atom. The first-order valence-electron chi connectivity index (χ1n) is 4.18. The maximum atomic E-state index is 4.96. The molecule has 1 aromatic heterocycles. The molecule has 15 heavy (non-hydrogen) atoms. The van der Waals surface area contributed by atoms with E-state index in [2.05, 4.69) is 37.9 Å². The van der Waals surface area contributed by atoms with E-state index in [0.29, 0.717) is 4.77 Å². The molecule has 2 aromatic rings. The number of nitrogens with zero attached hydrogens (tertiary/aromatic N) is 3. The van der Waals surface area contributed by atoms with E-state index < -0.39 is 0 Å². The average molecular weight is 330 g/mol. The summed E-state index contributed by atoms with van der Waals surface area (Å²) >= 11 is 7.22. The number of hydrogen-bond donors (Lipinski definition) is 1. The molecule has 1 aromatic carbocycles. The zero-order valence-corrected chi connectivity index (χ0v) is 10.6. The second-order valence-corrected chi connectivity index (χ2v) is 4.32. The molecule has 4 nitrogen and oxygen atoms in total. The Hall–Kier alpha value is -1.02. The van der Waals surface area contributed by atoms with Gasteiger partial charge in [0.1, 0.15) is 6.33 Å². The third-order valence-corrected chi connectivity index (χ3v) is 3.02. The van der Waals surface area contributed by atoms with Gasteiger partial charge < -0.3 is 0 Å². The van der Waals surface area contributed by atoms with Crippen LogP contribution in [-0.4, -0.2) is 21.1 Å². The van der Waals surface area contributed by atoms with Gasteiger partial charge in [-0.1, -0.05) is 18.2 Å². The standard InChI is InChI=1S/C9H7IN4S/c10-8-4-2-1-3-7(8)5-12-14-6-11-13-9(14)15/h1-6H,(H,13,15). The minimum Gasteiger partial charge on any atom is -0.250 e. The van der Waals surface area contributed by atoms with Crippen LogP contribution in [0, 0.1) is 8.34 Å². The van der Waals surface area contributed by atoms with E-state index in [-0.39, 0.29) is 0 Å². The molecule has 0 spiro atoms. The minimum absolute atomic E-state index is 0.484. The summed E-state index contributed by atoms with van der Waals surface area (Å²) in [4.78, 5) is 0. The number of benzene rings is 1. The number of aromatic nitrogens is 3. The van der Waals surface area contributed by atoms with Crippen LogP contribution in [0.4, 0.5) is 0 Å². The van der Waals surface area contributed by atoms with Gasteiger partial charge in [0.25, 0.3) is 0 Å². The molecule has 0 bridgehead atoms. The number of rotatable bonds is 2. The van der Waals surface area contributed by atoms with Gasteiger partial charge in [0, 0.05) is 9.13 Å². The third kappa shape index (κ3) is 2.51. The molecule has 0 saturated carbocycles. The van der Waals surface area contributed by atoms with Gasteiger partial charge in [-0.25, -0.2) is 0 Å². The Labute approximate surface area is 105 Å². The number of H-pyrrole nitrogens is 1. The van der Waals surface area contributed by atoms with Crippen LogP contribution in [0.25, 0.3) is 0 Å². The van der Waals surface area contributed by atoms with Crippen molar-refractivity contribution in [3.8, 4) is 0 Å². The van der Waals surface area contributed by atoms with Crippen molar-refractivity contribution in [2.45, 2.75) is 0 Å². The van der Waals surface area contributed by atoms with Gasteiger partial charge in [-0.3, -0.25) is 5.10 Å². The van der Waals surface area contributed by atoms with Crippen LogP contribution in [0.1, 0.15) is 5.56 Å². The molecule has 1 heterocycles. The summed E-state index contributed by atoms with van der Waals surface area (Å²) < 4.78 is 3.14. The van der Waals surface area contributed by atoms with E-state index in [4.69, 9.17) is 12.2 Å². The molecule has 0 fully saturated rings. The fourth-order valence-corrected chi connectivity index (χ4v) is 1.70. The minimum atomic E-state index is 0.484. The number of hydrogen-bond acceptors (Lipinski definition) is 3. The highest BCUT2D eigenvalue weighted by atomic mass is 127. The van der Waals surface area contributed by atoms with Crippen molar-refractivity contribution >= 4 is 41.0 Å². The number of aromatic amines is 1. The summed E-state index contributed by atoms with van der Waals surface area (Å²) in [5.41, 5.74) is 1.06. The van der Waals surface area contributed by atoms with Crippen molar-refractivity contribution in [3.05, 3.63) is 44.5 Å². The van der Waals surface area contributed by atoms with Gasteiger partial charge >= 0.3 is 0 Å². The topological polar surface area (TPSA) is 46.0 Å². The Kier molecular flexibility index (Phi) is 3.27. The molecule has 0 unspecified atom stereocenters. The van der Waals surface area contributed by atoms with Gasteiger partial charge in [-0.15, -0.1) is 0 Å². The highest BCUT2D eigenvalue weighted by Crippen LogP contribution is 2.08. The average Bonchev–Trinajstić information content (AvgIpc) is 2.63. The Bertz CT molecular complexity index is 543. The molecule has 6 heteroatoms. The zero-order chi connectivity index (χ0) is 10.7. The summed E-state index contributed by atoms with van der Waals surface area (Å²) in [5, 5.41) is 10.6. The van der Waals surface area contributed by atoms with Crippen molar-refractivity contribution in [1.82, 2.24) is 14.9 Å². The molecule has 0 atom stereocenters. The first kappa shape index (κ1) is 10.5. The van der Waals surface area contributed by atoms with Crippen molar-refractivity contribution in [2.75, 3.05) is 0 Å². The highest BCUT2D eigenvalue weighted by molar-refractivity contribution is 14.1. The SMILES string of the molecule is S=c1[nH]ncn1N=Cc1ccccc1I.